The van der Waals surface area contributed by atoms with Crippen molar-refractivity contribution in [2.45, 2.75) is 6.92 Å². The summed E-state index contributed by atoms with van der Waals surface area (Å²) in [5.41, 5.74) is 2.57. The predicted octanol–water partition coefficient (Wildman–Crippen LogP) is 3.72. The average molecular weight is 305 g/mol. The molecule has 0 aliphatic rings. The Morgan fingerprint density at radius 3 is 1.96 bits per heavy atom. The Morgan fingerprint density at radius 2 is 1.43 bits per heavy atom. The number of nitrogens with one attached hydrogen (secondary N) is 1. The molecule has 2 aromatic carbocycles. The van der Waals surface area contributed by atoms with Crippen molar-refractivity contribution < 1.29 is 9.90 Å². The molecule has 0 aliphatic carbocycles. The van der Waals surface area contributed by atoms with E-state index in [-0.39, 0.29) is 5.56 Å². The van der Waals surface area contributed by atoms with Crippen LogP contribution in [0, 0.1) is 6.92 Å². The summed E-state index contributed by atoms with van der Waals surface area (Å²) in [7, 11) is 0. The predicted molar refractivity (Wildman–Crippen MR) is 89.6 cm³/mol. The molecule has 0 aliphatic heterocycles. The molecular formula is C19H15NO3. The van der Waals surface area contributed by atoms with Crippen LogP contribution in [-0.4, -0.2) is 16.1 Å². The molecule has 4 nitrogen and oxygen atoms in total. The largest absolute Gasteiger partial charge is 0.477 e. The van der Waals surface area contributed by atoms with Gasteiger partial charge < -0.3 is 10.1 Å². The number of aromatic amines is 1. The quantitative estimate of drug-likeness (QED) is 0.775. The fourth-order valence-electron chi connectivity index (χ4n) is 2.76. The second-order valence-corrected chi connectivity index (χ2v) is 5.24. The van der Waals surface area contributed by atoms with Crippen molar-refractivity contribution >= 4 is 5.97 Å². The van der Waals surface area contributed by atoms with Crippen molar-refractivity contribution in [3.05, 3.63) is 82.1 Å². The average Bonchev–Trinajstić information content (AvgIpc) is 2.57. The molecule has 0 unspecified atom stereocenters. The Hall–Kier alpha value is -3.14. The number of carboxylic acid groups (broad SMARTS) is 1. The molecule has 3 rings (SSSR count). The number of aromatic nitrogens is 1. The Morgan fingerprint density at radius 1 is 0.913 bits per heavy atom. The van der Waals surface area contributed by atoms with Gasteiger partial charge in [-0.3, -0.25) is 4.79 Å². The van der Waals surface area contributed by atoms with Crippen LogP contribution in [0.25, 0.3) is 22.4 Å². The van der Waals surface area contributed by atoms with Crippen LogP contribution < -0.4 is 5.56 Å². The number of pyridine rings is 1. The van der Waals surface area contributed by atoms with Crippen LogP contribution in [0.2, 0.25) is 0 Å². The van der Waals surface area contributed by atoms with Crippen molar-refractivity contribution in [3.8, 4) is 22.4 Å². The normalized spacial score (nSPS) is 10.5. The van der Waals surface area contributed by atoms with Gasteiger partial charge in [0.05, 0.1) is 5.69 Å². The van der Waals surface area contributed by atoms with Gasteiger partial charge in [0.25, 0.3) is 5.56 Å². The third-order valence-corrected chi connectivity index (χ3v) is 3.80. The standard InChI is InChI=1S/C19H15NO3/c1-12-15(13-8-4-2-5-9-13)16(19(22)23)18(21)20-17(12)14-10-6-3-7-11-14/h2-11H,1H3,(H,20,21)(H,22,23). The molecule has 4 heteroatoms. The Balaban J connectivity index is 2.38. The van der Waals surface area contributed by atoms with Crippen LogP contribution in [0.15, 0.2) is 65.5 Å². The number of benzene rings is 2. The monoisotopic (exact) mass is 305 g/mol. The minimum absolute atomic E-state index is 0.228. The molecule has 0 fully saturated rings. The number of rotatable bonds is 3. The zero-order valence-electron chi connectivity index (χ0n) is 12.5. The van der Waals surface area contributed by atoms with E-state index in [1.54, 1.807) is 0 Å². The Bertz CT molecular complexity index is 913. The summed E-state index contributed by atoms with van der Waals surface area (Å²) >= 11 is 0. The first kappa shape index (κ1) is 14.8. The van der Waals surface area contributed by atoms with Gasteiger partial charge in [-0.15, -0.1) is 0 Å². The molecule has 1 aromatic heterocycles. The SMILES string of the molecule is Cc1c(-c2ccccc2)[nH]c(=O)c(C(=O)O)c1-c1ccccc1. The van der Waals surface area contributed by atoms with Gasteiger partial charge in [0.1, 0.15) is 5.56 Å². The van der Waals surface area contributed by atoms with Gasteiger partial charge in [-0.25, -0.2) is 4.79 Å². The molecule has 1 heterocycles. The van der Waals surface area contributed by atoms with Gasteiger partial charge in [-0.1, -0.05) is 60.7 Å². The minimum atomic E-state index is -1.23. The van der Waals surface area contributed by atoms with Crippen molar-refractivity contribution in [2.75, 3.05) is 0 Å². The minimum Gasteiger partial charge on any atom is -0.477 e. The summed E-state index contributed by atoms with van der Waals surface area (Å²) in [6.45, 7) is 1.83. The molecule has 0 bridgehead atoms. The van der Waals surface area contributed by atoms with E-state index in [0.717, 1.165) is 11.1 Å². The first-order chi connectivity index (χ1) is 11.1. The first-order valence-electron chi connectivity index (χ1n) is 7.20. The van der Waals surface area contributed by atoms with Crippen LogP contribution in [0.5, 0.6) is 0 Å². The Kier molecular flexibility index (Phi) is 3.81. The highest BCUT2D eigenvalue weighted by atomic mass is 16.4. The van der Waals surface area contributed by atoms with E-state index < -0.39 is 11.5 Å². The number of carbonyl (C=O) groups is 1. The summed E-state index contributed by atoms with van der Waals surface area (Å²) < 4.78 is 0. The number of carboxylic acids is 1. The highest BCUT2D eigenvalue weighted by Crippen LogP contribution is 2.31. The van der Waals surface area contributed by atoms with Crippen molar-refractivity contribution in [1.82, 2.24) is 4.98 Å². The van der Waals surface area contributed by atoms with Crippen molar-refractivity contribution in [2.24, 2.45) is 0 Å². The second-order valence-electron chi connectivity index (χ2n) is 5.24. The van der Waals surface area contributed by atoms with Gasteiger partial charge in [0.2, 0.25) is 0 Å². The Labute approximate surface area is 133 Å². The zero-order chi connectivity index (χ0) is 16.4. The van der Waals surface area contributed by atoms with E-state index >= 15 is 0 Å². The fourth-order valence-corrected chi connectivity index (χ4v) is 2.76. The highest BCUT2D eigenvalue weighted by Gasteiger charge is 2.21. The fraction of sp³-hybridized carbons (Fsp3) is 0.0526. The van der Waals surface area contributed by atoms with E-state index in [4.69, 9.17) is 0 Å². The van der Waals surface area contributed by atoms with E-state index in [9.17, 15) is 14.7 Å². The maximum Gasteiger partial charge on any atom is 0.341 e. The molecule has 114 valence electrons. The molecular weight excluding hydrogens is 290 g/mol. The zero-order valence-corrected chi connectivity index (χ0v) is 12.5. The molecule has 0 atom stereocenters. The van der Waals surface area contributed by atoms with Crippen LogP contribution in [0.1, 0.15) is 15.9 Å². The molecule has 3 aromatic rings. The third-order valence-electron chi connectivity index (χ3n) is 3.80. The van der Waals surface area contributed by atoms with Crippen LogP contribution in [0.4, 0.5) is 0 Å². The van der Waals surface area contributed by atoms with Crippen LogP contribution >= 0.6 is 0 Å². The van der Waals surface area contributed by atoms with Gasteiger partial charge in [-0.2, -0.15) is 0 Å². The van der Waals surface area contributed by atoms with Crippen LogP contribution in [0.3, 0.4) is 0 Å². The van der Waals surface area contributed by atoms with E-state index in [0.29, 0.717) is 16.8 Å². The number of aromatic carboxylic acids is 1. The van der Waals surface area contributed by atoms with E-state index in [1.165, 1.54) is 0 Å². The number of hydrogen-bond acceptors (Lipinski definition) is 2. The molecule has 23 heavy (non-hydrogen) atoms. The van der Waals surface area contributed by atoms with Gasteiger partial charge in [-0.05, 0) is 23.6 Å². The van der Waals surface area contributed by atoms with Crippen molar-refractivity contribution in [1.29, 1.82) is 0 Å². The summed E-state index contributed by atoms with van der Waals surface area (Å²) in [6.07, 6.45) is 0. The molecule has 0 saturated heterocycles. The highest BCUT2D eigenvalue weighted by molar-refractivity contribution is 5.98. The summed E-state index contributed by atoms with van der Waals surface area (Å²) in [4.78, 5) is 26.7. The lowest BCUT2D eigenvalue weighted by Gasteiger charge is -2.14. The molecule has 0 spiro atoms. The van der Waals surface area contributed by atoms with E-state index in [2.05, 4.69) is 4.98 Å². The summed E-state index contributed by atoms with van der Waals surface area (Å²) in [5.74, 6) is -1.23. The lowest BCUT2D eigenvalue weighted by atomic mass is 9.93. The number of hydrogen-bond donors (Lipinski definition) is 2. The van der Waals surface area contributed by atoms with Gasteiger partial charge in [0.15, 0.2) is 0 Å². The number of H-pyrrole nitrogens is 1. The third kappa shape index (κ3) is 2.66. The maximum absolute atomic E-state index is 12.4. The topological polar surface area (TPSA) is 70.2 Å². The smallest absolute Gasteiger partial charge is 0.341 e. The van der Waals surface area contributed by atoms with Gasteiger partial charge >= 0.3 is 5.97 Å². The maximum atomic E-state index is 12.4. The molecule has 2 N–H and O–H groups in total. The molecule has 0 saturated carbocycles. The molecule has 0 radical (unpaired) electrons. The summed E-state index contributed by atoms with van der Waals surface area (Å²) in [5, 5.41) is 9.47. The second kappa shape index (κ2) is 5.93. The summed E-state index contributed by atoms with van der Waals surface area (Å²) in [6, 6.07) is 18.5. The van der Waals surface area contributed by atoms with E-state index in [1.807, 2.05) is 67.6 Å². The molecule has 0 amide bonds. The first-order valence-corrected chi connectivity index (χ1v) is 7.20. The van der Waals surface area contributed by atoms with Crippen LogP contribution in [-0.2, 0) is 0 Å². The van der Waals surface area contributed by atoms with Crippen molar-refractivity contribution in [3.63, 3.8) is 0 Å². The lowest BCUT2D eigenvalue weighted by Crippen LogP contribution is -2.21. The lowest BCUT2D eigenvalue weighted by molar-refractivity contribution is 0.0695. The van der Waals surface area contributed by atoms with Gasteiger partial charge in [0, 0.05) is 5.56 Å².